The van der Waals surface area contributed by atoms with Gasteiger partial charge in [-0.3, -0.25) is 4.90 Å². The van der Waals surface area contributed by atoms with Crippen LogP contribution in [0.15, 0.2) is 35.9 Å². The molecule has 1 aromatic carbocycles. The van der Waals surface area contributed by atoms with E-state index in [1.54, 1.807) is 33.8 Å². The summed E-state index contributed by atoms with van der Waals surface area (Å²) in [6.07, 6.45) is 1.05. The average molecular weight is 347 g/mol. The first-order chi connectivity index (χ1) is 11.5. The molecule has 1 fully saturated rings. The molecule has 0 saturated carbocycles. The third kappa shape index (κ3) is 4.39. The zero-order chi connectivity index (χ0) is 18.8. The molecular weight excluding hydrogens is 322 g/mol. The Morgan fingerprint density at radius 2 is 1.88 bits per heavy atom. The van der Waals surface area contributed by atoms with Crippen molar-refractivity contribution < 1.29 is 24.2 Å². The lowest BCUT2D eigenvalue weighted by Gasteiger charge is -2.27. The lowest BCUT2D eigenvalue weighted by atomic mass is 9.93. The van der Waals surface area contributed by atoms with Gasteiger partial charge in [-0.15, -0.1) is 0 Å². The lowest BCUT2D eigenvalue weighted by molar-refractivity contribution is -0.144. The number of methoxy groups -OCH3 is 1. The number of hydrogen-bond acceptors (Lipinski definition) is 5. The maximum Gasteiger partial charge on any atom is 0.411 e. The fourth-order valence-corrected chi connectivity index (χ4v) is 2.80. The van der Waals surface area contributed by atoms with Gasteiger partial charge in [0, 0.05) is 0 Å². The Morgan fingerprint density at radius 3 is 2.40 bits per heavy atom. The molecule has 0 aliphatic carbocycles. The van der Waals surface area contributed by atoms with Crippen molar-refractivity contribution in [2.45, 2.75) is 44.9 Å². The monoisotopic (exact) mass is 347 g/mol. The molecule has 0 unspecified atom stereocenters. The highest BCUT2D eigenvalue weighted by molar-refractivity contribution is 5.88. The molecule has 6 heteroatoms. The second-order valence-electron chi connectivity index (χ2n) is 7.32. The number of hydrogen-bond donors (Lipinski definition) is 1. The maximum absolute atomic E-state index is 12.5. The van der Waals surface area contributed by atoms with E-state index in [0.29, 0.717) is 5.57 Å². The van der Waals surface area contributed by atoms with Crippen LogP contribution in [0.1, 0.15) is 33.3 Å². The number of carbonyl (C=O) groups excluding carboxylic acids is 2. The standard InChI is InChI=1S/C19H25NO5/c1-18(2,3)25-17(22)20-12-19(4,23)14(15(20)16(21)24-5)11-13-9-7-6-8-10-13/h6-11,15,23H,12H2,1-5H3/b14-11+/t15-,19+/m0/s1. The van der Waals surface area contributed by atoms with Crippen LogP contribution in [0.5, 0.6) is 0 Å². The van der Waals surface area contributed by atoms with E-state index in [-0.39, 0.29) is 6.54 Å². The second kappa shape index (κ2) is 6.88. The van der Waals surface area contributed by atoms with Crippen LogP contribution < -0.4 is 0 Å². The van der Waals surface area contributed by atoms with Crippen molar-refractivity contribution in [3.8, 4) is 0 Å². The van der Waals surface area contributed by atoms with E-state index in [0.717, 1.165) is 5.56 Å². The third-order valence-corrected chi connectivity index (χ3v) is 3.88. The number of carbonyl (C=O) groups is 2. The van der Waals surface area contributed by atoms with E-state index in [9.17, 15) is 14.7 Å². The van der Waals surface area contributed by atoms with Crippen molar-refractivity contribution in [2.75, 3.05) is 13.7 Å². The summed E-state index contributed by atoms with van der Waals surface area (Å²) in [5.74, 6) is -0.620. The second-order valence-corrected chi connectivity index (χ2v) is 7.32. The fraction of sp³-hybridized carbons (Fsp3) is 0.474. The molecule has 1 N–H and O–H groups in total. The van der Waals surface area contributed by atoms with E-state index in [1.807, 2.05) is 30.3 Å². The molecule has 1 aliphatic heterocycles. The molecule has 0 bridgehead atoms. The van der Waals surface area contributed by atoms with Crippen LogP contribution in [0.4, 0.5) is 4.79 Å². The van der Waals surface area contributed by atoms with Crippen molar-refractivity contribution in [2.24, 2.45) is 0 Å². The van der Waals surface area contributed by atoms with Gasteiger partial charge in [-0.05, 0) is 38.8 Å². The SMILES string of the molecule is COC(=O)[C@@H]1/C(=C\c2ccccc2)[C@](C)(O)CN1C(=O)OC(C)(C)C. The number of esters is 1. The van der Waals surface area contributed by atoms with Gasteiger partial charge in [0.1, 0.15) is 11.2 Å². The lowest BCUT2D eigenvalue weighted by Crippen LogP contribution is -2.44. The largest absolute Gasteiger partial charge is 0.467 e. The molecule has 6 nitrogen and oxygen atoms in total. The summed E-state index contributed by atoms with van der Waals surface area (Å²) in [6.45, 7) is 6.75. The predicted octanol–water partition coefficient (Wildman–Crippen LogP) is 2.61. The van der Waals surface area contributed by atoms with Gasteiger partial charge < -0.3 is 14.6 Å². The number of benzene rings is 1. The van der Waals surface area contributed by atoms with Gasteiger partial charge in [0.05, 0.1) is 13.7 Å². The Kier molecular flexibility index (Phi) is 5.23. The first kappa shape index (κ1) is 19.0. The van der Waals surface area contributed by atoms with Crippen LogP contribution in [0.2, 0.25) is 0 Å². The van der Waals surface area contributed by atoms with E-state index in [2.05, 4.69) is 0 Å². The van der Waals surface area contributed by atoms with Crippen molar-refractivity contribution in [3.05, 3.63) is 41.5 Å². The average Bonchev–Trinajstić information content (AvgIpc) is 2.78. The van der Waals surface area contributed by atoms with Crippen molar-refractivity contribution >= 4 is 18.1 Å². The molecular formula is C19H25NO5. The number of rotatable bonds is 2. The predicted molar refractivity (Wildman–Crippen MR) is 93.8 cm³/mol. The van der Waals surface area contributed by atoms with E-state index in [4.69, 9.17) is 9.47 Å². The molecule has 1 saturated heterocycles. The van der Waals surface area contributed by atoms with Crippen LogP contribution >= 0.6 is 0 Å². The minimum absolute atomic E-state index is 0.0552. The Hall–Kier alpha value is -2.34. The molecule has 0 aromatic heterocycles. The number of β-amino-alcohol motifs (C(OH)–C–C–N with tert-alkyl or cyclic N) is 1. The quantitative estimate of drug-likeness (QED) is 0.832. The summed E-state index contributed by atoms with van der Waals surface area (Å²) in [7, 11) is 1.25. The van der Waals surface area contributed by atoms with Crippen LogP contribution in [0.3, 0.4) is 0 Å². The molecule has 1 aromatic rings. The fourth-order valence-electron chi connectivity index (χ4n) is 2.80. The molecule has 25 heavy (non-hydrogen) atoms. The van der Waals surface area contributed by atoms with Gasteiger partial charge >= 0.3 is 12.1 Å². The van der Waals surface area contributed by atoms with E-state index in [1.165, 1.54) is 12.0 Å². The smallest absolute Gasteiger partial charge is 0.411 e. The molecule has 1 heterocycles. The van der Waals surface area contributed by atoms with E-state index < -0.39 is 29.3 Å². The minimum Gasteiger partial charge on any atom is -0.467 e. The van der Waals surface area contributed by atoms with Gasteiger partial charge in [-0.2, -0.15) is 0 Å². The highest BCUT2D eigenvalue weighted by atomic mass is 16.6. The number of amides is 1. The van der Waals surface area contributed by atoms with Gasteiger partial charge in [-0.1, -0.05) is 36.4 Å². The summed E-state index contributed by atoms with van der Waals surface area (Å²) in [5.41, 5.74) is -0.865. The number of likely N-dealkylation sites (tertiary alicyclic amines) is 1. The minimum atomic E-state index is -1.37. The summed E-state index contributed by atoms with van der Waals surface area (Å²) >= 11 is 0. The number of aliphatic hydroxyl groups is 1. The Morgan fingerprint density at radius 1 is 1.28 bits per heavy atom. The molecule has 0 spiro atoms. The maximum atomic E-state index is 12.5. The number of nitrogens with zero attached hydrogens (tertiary/aromatic N) is 1. The normalized spacial score (nSPS) is 25.1. The van der Waals surface area contributed by atoms with Crippen molar-refractivity contribution in [3.63, 3.8) is 0 Å². The molecule has 2 atom stereocenters. The highest BCUT2D eigenvalue weighted by Crippen LogP contribution is 2.36. The van der Waals surface area contributed by atoms with Gasteiger partial charge in [-0.25, -0.2) is 9.59 Å². The summed E-state index contributed by atoms with van der Waals surface area (Å²) in [6, 6.07) is 8.26. The first-order valence-corrected chi connectivity index (χ1v) is 8.12. The van der Waals surface area contributed by atoms with Crippen LogP contribution in [-0.2, 0) is 14.3 Å². The molecule has 0 radical (unpaired) electrons. The van der Waals surface area contributed by atoms with Crippen molar-refractivity contribution in [1.29, 1.82) is 0 Å². The van der Waals surface area contributed by atoms with Crippen LogP contribution in [0, 0.1) is 0 Å². The molecule has 136 valence electrons. The Balaban J connectivity index is 2.45. The highest BCUT2D eigenvalue weighted by Gasteiger charge is 2.51. The van der Waals surface area contributed by atoms with Gasteiger partial charge in [0.2, 0.25) is 0 Å². The van der Waals surface area contributed by atoms with Crippen LogP contribution in [-0.4, -0.2) is 53.0 Å². The summed E-state index contributed by atoms with van der Waals surface area (Å²) in [4.78, 5) is 26.1. The third-order valence-electron chi connectivity index (χ3n) is 3.88. The van der Waals surface area contributed by atoms with Crippen LogP contribution in [0.25, 0.3) is 6.08 Å². The molecule has 1 amide bonds. The first-order valence-electron chi connectivity index (χ1n) is 8.12. The van der Waals surface area contributed by atoms with Gasteiger partial charge in [0.25, 0.3) is 0 Å². The van der Waals surface area contributed by atoms with Crippen molar-refractivity contribution in [1.82, 2.24) is 4.90 Å². The Bertz CT molecular complexity index is 673. The number of ether oxygens (including phenoxy) is 2. The molecule has 2 rings (SSSR count). The van der Waals surface area contributed by atoms with E-state index >= 15 is 0 Å². The van der Waals surface area contributed by atoms with Gasteiger partial charge in [0.15, 0.2) is 6.04 Å². The topological polar surface area (TPSA) is 76.1 Å². The summed E-state index contributed by atoms with van der Waals surface area (Å²) in [5, 5.41) is 10.8. The zero-order valence-corrected chi connectivity index (χ0v) is 15.3. The summed E-state index contributed by atoms with van der Waals surface area (Å²) < 4.78 is 10.2. The zero-order valence-electron chi connectivity index (χ0n) is 15.3. The molecule has 1 aliphatic rings. The Labute approximate surface area is 148 Å².